The van der Waals surface area contributed by atoms with E-state index in [9.17, 15) is 13.2 Å². The molecule has 4 aromatic rings. The fourth-order valence-corrected chi connectivity index (χ4v) is 4.45. The molecule has 0 saturated heterocycles. The quantitative estimate of drug-likeness (QED) is 0.427. The number of amides is 1. The second-order valence-electron chi connectivity index (χ2n) is 7.27. The van der Waals surface area contributed by atoms with Crippen molar-refractivity contribution in [2.24, 2.45) is 0 Å². The van der Waals surface area contributed by atoms with E-state index in [1.165, 1.54) is 18.2 Å². The number of benzene rings is 2. The van der Waals surface area contributed by atoms with Crippen LogP contribution in [0.2, 0.25) is 0 Å². The molecule has 2 N–H and O–H groups in total. The normalized spacial score (nSPS) is 12.7. The van der Waals surface area contributed by atoms with Gasteiger partial charge in [0.2, 0.25) is 16.8 Å². The molecule has 5 rings (SSSR count). The average molecular weight is 465 g/mol. The fourth-order valence-electron chi connectivity index (χ4n) is 3.39. The van der Waals surface area contributed by atoms with Gasteiger partial charge in [-0.15, -0.1) is 10.2 Å². The van der Waals surface area contributed by atoms with Crippen LogP contribution in [0.4, 0.5) is 0 Å². The van der Waals surface area contributed by atoms with Crippen molar-refractivity contribution in [3.05, 3.63) is 83.8 Å². The highest BCUT2D eigenvalue weighted by Gasteiger charge is 2.18. The number of carbonyl (C=O) groups is 1. The van der Waals surface area contributed by atoms with Gasteiger partial charge >= 0.3 is 0 Å². The Morgan fingerprint density at radius 1 is 0.970 bits per heavy atom. The van der Waals surface area contributed by atoms with Gasteiger partial charge in [0.25, 0.3) is 5.91 Å². The van der Waals surface area contributed by atoms with E-state index in [1.807, 2.05) is 18.2 Å². The van der Waals surface area contributed by atoms with Crippen molar-refractivity contribution in [3.63, 3.8) is 0 Å². The summed E-state index contributed by atoms with van der Waals surface area (Å²) >= 11 is 0. The number of pyridine rings is 1. The van der Waals surface area contributed by atoms with Crippen molar-refractivity contribution < 1.29 is 22.7 Å². The van der Waals surface area contributed by atoms with Crippen LogP contribution in [0.25, 0.3) is 5.65 Å². The van der Waals surface area contributed by atoms with Crippen LogP contribution in [0.3, 0.4) is 0 Å². The SMILES string of the molecule is O=C(NCc1nnc2ccccn12)c1cccc(S(=O)(=O)NCc2ccc3c(c2)OCO3)c1. The first kappa shape index (κ1) is 20.9. The predicted octanol–water partition coefficient (Wildman–Crippen LogP) is 1.87. The standard InChI is InChI=1S/C22H19N5O5S/c28-22(23-13-21-26-25-20-6-1-2-9-27(20)21)16-4-3-5-17(11-16)33(29,30)24-12-15-7-8-18-19(10-15)32-14-31-18/h1-11,24H,12-14H2,(H,23,28). The van der Waals surface area contributed by atoms with Crippen molar-refractivity contribution in [2.75, 3.05) is 6.79 Å². The third kappa shape index (κ3) is 4.36. The van der Waals surface area contributed by atoms with Gasteiger partial charge in [-0.2, -0.15) is 0 Å². The molecule has 0 aliphatic carbocycles. The summed E-state index contributed by atoms with van der Waals surface area (Å²) in [6.07, 6.45) is 1.80. The highest BCUT2D eigenvalue weighted by atomic mass is 32.2. The molecule has 1 amide bonds. The van der Waals surface area contributed by atoms with Gasteiger partial charge in [-0.25, -0.2) is 13.1 Å². The highest BCUT2D eigenvalue weighted by Crippen LogP contribution is 2.32. The molecule has 168 valence electrons. The molecule has 11 heteroatoms. The van der Waals surface area contributed by atoms with Crippen molar-refractivity contribution in [2.45, 2.75) is 18.0 Å². The monoisotopic (exact) mass is 465 g/mol. The molecule has 1 aliphatic rings. The van der Waals surface area contributed by atoms with Crippen LogP contribution in [0.15, 0.2) is 71.8 Å². The van der Waals surface area contributed by atoms with Gasteiger partial charge in [-0.1, -0.05) is 18.2 Å². The molecule has 1 aliphatic heterocycles. The second kappa shape index (κ2) is 8.52. The maximum atomic E-state index is 12.8. The van der Waals surface area contributed by atoms with Crippen LogP contribution >= 0.6 is 0 Å². The number of ether oxygens (including phenoxy) is 2. The Kier molecular flexibility index (Phi) is 5.40. The lowest BCUT2D eigenvalue weighted by atomic mass is 10.2. The van der Waals surface area contributed by atoms with E-state index in [4.69, 9.17) is 9.47 Å². The zero-order valence-corrected chi connectivity index (χ0v) is 18.1. The highest BCUT2D eigenvalue weighted by molar-refractivity contribution is 7.89. The minimum Gasteiger partial charge on any atom is -0.454 e. The Morgan fingerprint density at radius 2 is 1.85 bits per heavy atom. The van der Waals surface area contributed by atoms with E-state index < -0.39 is 15.9 Å². The van der Waals surface area contributed by atoms with Gasteiger partial charge in [0.1, 0.15) is 0 Å². The largest absolute Gasteiger partial charge is 0.454 e. The van der Waals surface area contributed by atoms with E-state index >= 15 is 0 Å². The zero-order valence-electron chi connectivity index (χ0n) is 17.3. The number of hydrogen-bond donors (Lipinski definition) is 2. The molecule has 0 atom stereocenters. The summed E-state index contributed by atoms with van der Waals surface area (Å²) in [6.45, 7) is 0.353. The number of nitrogens with one attached hydrogen (secondary N) is 2. The van der Waals surface area contributed by atoms with E-state index in [0.717, 1.165) is 5.56 Å². The average Bonchev–Trinajstić information content (AvgIpc) is 3.48. The summed E-state index contributed by atoms with van der Waals surface area (Å²) < 4.78 is 40.5. The van der Waals surface area contributed by atoms with Gasteiger partial charge in [0.05, 0.1) is 11.4 Å². The van der Waals surface area contributed by atoms with Crippen LogP contribution in [0.5, 0.6) is 11.5 Å². The summed E-state index contributed by atoms with van der Waals surface area (Å²) in [6, 6.07) is 16.6. The van der Waals surface area contributed by atoms with Gasteiger partial charge in [0, 0.05) is 18.3 Å². The number of sulfonamides is 1. The number of aromatic nitrogens is 3. The number of fused-ring (bicyclic) bond motifs is 2. The first-order chi connectivity index (χ1) is 16.0. The van der Waals surface area contributed by atoms with Gasteiger partial charge in [-0.05, 0) is 48.0 Å². The molecular weight excluding hydrogens is 446 g/mol. The van der Waals surface area contributed by atoms with E-state index in [0.29, 0.717) is 23.0 Å². The van der Waals surface area contributed by atoms with Crippen molar-refractivity contribution in [1.29, 1.82) is 0 Å². The van der Waals surface area contributed by atoms with Crippen LogP contribution in [-0.2, 0) is 23.1 Å². The van der Waals surface area contributed by atoms with Crippen LogP contribution in [0, 0.1) is 0 Å². The molecule has 0 spiro atoms. The molecule has 0 unspecified atom stereocenters. The van der Waals surface area contributed by atoms with Crippen molar-refractivity contribution in [3.8, 4) is 11.5 Å². The van der Waals surface area contributed by atoms with Crippen molar-refractivity contribution >= 4 is 21.6 Å². The van der Waals surface area contributed by atoms with Crippen LogP contribution in [0.1, 0.15) is 21.7 Å². The molecule has 0 bridgehead atoms. The summed E-state index contributed by atoms with van der Waals surface area (Å²) in [5.41, 5.74) is 1.61. The Hall–Kier alpha value is -3.96. The number of carbonyl (C=O) groups excluding carboxylic acids is 1. The Balaban J connectivity index is 1.26. The van der Waals surface area contributed by atoms with Gasteiger partial charge in [0.15, 0.2) is 23.0 Å². The summed E-state index contributed by atoms with van der Waals surface area (Å²) in [5, 5.41) is 10.9. The molecule has 2 aromatic heterocycles. The lowest BCUT2D eigenvalue weighted by Gasteiger charge is -2.09. The molecule has 10 nitrogen and oxygen atoms in total. The minimum atomic E-state index is -3.84. The second-order valence-corrected chi connectivity index (χ2v) is 9.03. The summed E-state index contributed by atoms with van der Waals surface area (Å²) in [7, 11) is -3.84. The topological polar surface area (TPSA) is 124 Å². The summed E-state index contributed by atoms with van der Waals surface area (Å²) in [4.78, 5) is 12.6. The fraction of sp³-hybridized carbons (Fsp3) is 0.136. The molecule has 0 saturated carbocycles. The molecular formula is C22H19N5O5S. The number of hydrogen-bond acceptors (Lipinski definition) is 7. The molecule has 3 heterocycles. The summed E-state index contributed by atoms with van der Waals surface area (Å²) in [5.74, 6) is 1.34. The Morgan fingerprint density at radius 3 is 2.76 bits per heavy atom. The molecule has 33 heavy (non-hydrogen) atoms. The maximum absolute atomic E-state index is 12.8. The first-order valence-corrected chi connectivity index (χ1v) is 11.5. The number of nitrogens with zero attached hydrogens (tertiary/aromatic N) is 3. The molecule has 0 fully saturated rings. The van der Waals surface area contributed by atoms with Gasteiger partial charge in [-0.3, -0.25) is 9.20 Å². The number of rotatable bonds is 7. The third-order valence-electron chi connectivity index (χ3n) is 5.10. The lowest BCUT2D eigenvalue weighted by molar-refractivity contribution is 0.0949. The first-order valence-electron chi connectivity index (χ1n) is 10.0. The molecule has 0 radical (unpaired) electrons. The zero-order chi connectivity index (χ0) is 22.8. The smallest absolute Gasteiger partial charge is 0.251 e. The van der Waals surface area contributed by atoms with E-state index in [-0.39, 0.29) is 30.3 Å². The Labute approximate surface area is 189 Å². The minimum absolute atomic E-state index is 0.0104. The van der Waals surface area contributed by atoms with E-state index in [1.54, 1.807) is 34.9 Å². The van der Waals surface area contributed by atoms with Crippen molar-refractivity contribution in [1.82, 2.24) is 24.6 Å². The Bertz CT molecular complexity index is 1450. The van der Waals surface area contributed by atoms with Crippen LogP contribution in [-0.4, -0.2) is 35.7 Å². The van der Waals surface area contributed by atoms with E-state index in [2.05, 4.69) is 20.2 Å². The van der Waals surface area contributed by atoms with Crippen LogP contribution < -0.4 is 19.5 Å². The van der Waals surface area contributed by atoms with Gasteiger partial charge < -0.3 is 14.8 Å². The lowest BCUT2D eigenvalue weighted by Crippen LogP contribution is -2.26. The molecule has 2 aromatic carbocycles. The third-order valence-corrected chi connectivity index (χ3v) is 6.50. The predicted molar refractivity (Wildman–Crippen MR) is 117 cm³/mol. The maximum Gasteiger partial charge on any atom is 0.251 e.